The number of nitrogens with one attached hydrogen (secondary N) is 3. The lowest BCUT2D eigenvalue weighted by Crippen LogP contribution is -2.28. The van der Waals surface area contributed by atoms with Crippen LogP contribution in [0.25, 0.3) is 10.8 Å². The summed E-state index contributed by atoms with van der Waals surface area (Å²) in [5.41, 5.74) is 0.752. The fraction of sp³-hybridized carbons (Fsp3) is 0.118. The van der Waals surface area contributed by atoms with Crippen molar-refractivity contribution in [2.24, 2.45) is 0 Å². The number of rotatable bonds is 4. The van der Waals surface area contributed by atoms with Gasteiger partial charge in [-0.05, 0) is 30.5 Å². The molecule has 2 heterocycles. The van der Waals surface area contributed by atoms with E-state index >= 15 is 0 Å². The van der Waals surface area contributed by atoms with Gasteiger partial charge in [-0.3, -0.25) is 5.32 Å². The van der Waals surface area contributed by atoms with Crippen molar-refractivity contribution in [3.8, 4) is 0 Å². The first-order chi connectivity index (χ1) is 11.7. The zero-order valence-electron chi connectivity index (χ0n) is 13.0. The molecule has 3 rings (SSSR count). The fourth-order valence-electron chi connectivity index (χ4n) is 2.28. The number of amides is 2. The number of aromatic nitrogens is 2. The molecule has 2 amide bonds. The van der Waals surface area contributed by atoms with Crippen LogP contribution in [0.15, 0.2) is 48.8 Å². The highest BCUT2D eigenvalue weighted by Crippen LogP contribution is 2.26. The molecule has 0 aliphatic carbocycles. The Balaban J connectivity index is 1.89. The quantitative estimate of drug-likeness (QED) is 0.684. The van der Waals surface area contributed by atoms with Crippen LogP contribution < -0.4 is 16.0 Å². The summed E-state index contributed by atoms with van der Waals surface area (Å²) in [6.07, 6.45) is 3.05. The summed E-state index contributed by atoms with van der Waals surface area (Å²) >= 11 is 0. The van der Waals surface area contributed by atoms with Gasteiger partial charge in [0, 0.05) is 36.1 Å². The Hall–Kier alpha value is -3.22. The summed E-state index contributed by atoms with van der Waals surface area (Å²) in [7, 11) is 0. The minimum atomic E-state index is -0.362. The largest absolute Gasteiger partial charge is 0.340 e. The molecule has 0 aliphatic rings. The van der Waals surface area contributed by atoms with E-state index in [-0.39, 0.29) is 11.8 Å². The second-order valence-electron chi connectivity index (χ2n) is 5.07. The highest BCUT2D eigenvalue weighted by Gasteiger charge is 2.06. The van der Waals surface area contributed by atoms with Gasteiger partial charge in [0.05, 0.1) is 0 Å². The topological polar surface area (TPSA) is 78.9 Å². The highest BCUT2D eigenvalue weighted by molar-refractivity contribution is 5.97. The lowest BCUT2D eigenvalue weighted by molar-refractivity contribution is 0.252. The van der Waals surface area contributed by atoms with Crippen LogP contribution in [0.5, 0.6) is 0 Å². The van der Waals surface area contributed by atoms with E-state index in [9.17, 15) is 9.18 Å². The molecule has 0 saturated heterocycles. The maximum absolute atomic E-state index is 13.3. The number of carbonyl (C=O) groups excluding carboxylic acids is 1. The van der Waals surface area contributed by atoms with Crippen molar-refractivity contribution >= 4 is 34.1 Å². The van der Waals surface area contributed by atoms with E-state index < -0.39 is 0 Å². The Kier molecular flexibility index (Phi) is 4.51. The monoisotopic (exact) mass is 325 g/mol. The molecule has 3 aromatic rings. The number of benzene rings is 1. The summed E-state index contributed by atoms with van der Waals surface area (Å²) < 4.78 is 13.3. The average Bonchev–Trinajstić information content (AvgIpc) is 2.55. The fourth-order valence-corrected chi connectivity index (χ4v) is 2.28. The van der Waals surface area contributed by atoms with Crippen LogP contribution in [0.4, 0.5) is 26.5 Å². The number of hydrogen-bond acceptors (Lipinski definition) is 4. The number of urea groups is 1. The molecule has 0 spiro atoms. The van der Waals surface area contributed by atoms with Crippen LogP contribution in [0.1, 0.15) is 6.92 Å². The second-order valence-corrected chi connectivity index (χ2v) is 5.07. The Morgan fingerprint density at radius 1 is 1.17 bits per heavy atom. The third-order valence-electron chi connectivity index (χ3n) is 3.33. The van der Waals surface area contributed by atoms with Gasteiger partial charge in [-0.2, -0.15) is 0 Å². The van der Waals surface area contributed by atoms with Gasteiger partial charge in [-0.25, -0.2) is 19.2 Å². The lowest BCUT2D eigenvalue weighted by atomic mass is 10.1. The Labute approximate surface area is 138 Å². The molecule has 0 unspecified atom stereocenters. The number of fused-ring (bicyclic) bond motifs is 1. The summed E-state index contributed by atoms with van der Waals surface area (Å²) in [5, 5.41) is 10.1. The molecule has 3 N–H and O–H groups in total. The Bertz CT molecular complexity index is 884. The van der Waals surface area contributed by atoms with Crippen molar-refractivity contribution in [2.75, 3.05) is 17.2 Å². The van der Waals surface area contributed by atoms with Crippen LogP contribution in [0.2, 0.25) is 0 Å². The molecule has 0 bridgehead atoms. The highest BCUT2D eigenvalue weighted by atomic mass is 19.1. The van der Waals surface area contributed by atoms with Crippen molar-refractivity contribution in [3.05, 3.63) is 54.6 Å². The molecular formula is C17H16FN5O. The maximum Gasteiger partial charge on any atom is 0.320 e. The van der Waals surface area contributed by atoms with E-state index in [1.54, 1.807) is 12.3 Å². The molecule has 1 aromatic carbocycles. The minimum absolute atomic E-state index is 0.303. The third kappa shape index (κ3) is 3.57. The van der Waals surface area contributed by atoms with E-state index in [0.717, 1.165) is 16.5 Å². The first-order valence-electron chi connectivity index (χ1n) is 7.48. The summed E-state index contributed by atoms with van der Waals surface area (Å²) in [5.74, 6) is 0.501. The smallest absolute Gasteiger partial charge is 0.320 e. The molecule has 0 atom stereocenters. The molecular weight excluding hydrogens is 309 g/mol. The maximum atomic E-state index is 13.3. The standard InChI is InChI=1S/C17H16FN5O/c1-2-19-17(24)23-15-8-11-4-3-5-14(13(11)10-21-15)22-16-9-12(18)6-7-20-16/h3-10H,2H2,1H3,(H,20,22)(H2,19,21,23,24). The molecule has 2 aromatic heterocycles. The van der Waals surface area contributed by atoms with Gasteiger partial charge in [0.1, 0.15) is 17.5 Å². The van der Waals surface area contributed by atoms with Crippen molar-refractivity contribution < 1.29 is 9.18 Å². The summed E-state index contributed by atoms with van der Waals surface area (Å²) in [4.78, 5) is 19.9. The summed E-state index contributed by atoms with van der Waals surface area (Å²) in [6, 6.07) is 9.70. The predicted octanol–water partition coefficient (Wildman–Crippen LogP) is 3.65. The van der Waals surface area contributed by atoms with Gasteiger partial charge in [-0.1, -0.05) is 12.1 Å². The zero-order valence-corrected chi connectivity index (χ0v) is 13.0. The van der Waals surface area contributed by atoms with E-state index in [4.69, 9.17) is 0 Å². The van der Waals surface area contributed by atoms with E-state index in [2.05, 4.69) is 25.9 Å². The average molecular weight is 325 g/mol. The lowest BCUT2D eigenvalue weighted by Gasteiger charge is -2.10. The number of halogens is 1. The molecule has 0 fully saturated rings. The van der Waals surface area contributed by atoms with Crippen LogP contribution in [0, 0.1) is 5.82 Å². The number of nitrogens with zero attached hydrogens (tertiary/aromatic N) is 2. The zero-order chi connectivity index (χ0) is 16.9. The van der Waals surface area contributed by atoms with Crippen LogP contribution in [0.3, 0.4) is 0 Å². The van der Waals surface area contributed by atoms with Gasteiger partial charge in [-0.15, -0.1) is 0 Å². The van der Waals surface area contributed by atoms with Crippen LogP contribution in [-0.4, -0.2) is 22.5 Å². The number of carbonyl (C=O) groups is 1. The van der Waals surface area contributed by atoms with Crippen LogP contribution in [-0.2, 0) is 0 Å². The van der Waals surface area contributed by atoms with E-state index in [1.807, 2.05) is 25.1 Å². The van der Waals surface area contributed by atoms with Gasteiger partial charge < -0.3 is 10.6 Å². The predicted molar refractivity (Wildman–Crippen MR) is 91.9 cm³/mol. The molecule has 24 heavy (non-hydrogen) atoms. The van der Waals surface area contributed by atoms with Gasteiger partial charge in [0.15, 0.2) is 0 Å². The minimum Gasteiger partial charge on any atom is -0.340 e. The molecule has 0 saturated carbocycles. The van der Waals surface area contributed by atoms with E-state index in [0.29, 0.717) is 18.2 Å². The Morgan fingerprint density at radius 3 is 2.83 bits per heavy atom. The number of anilines is 3. The molecule has 6 nitrogen and oxygen atoms in total. The number of pyridine rings is 2. The summed E-state index contributed by atoms with van der Waals surface area (Å²) in [6.45, 7) is 2.37. The first kappa shape index (κ1) is 15.7. The molecule has 7 heteroatoms. The van der Waals surface area contributed by atoms with Gasteiger partial charge in [0.2, 0.25) is 0 Å². The molecule has 0 radical (unpaired) electrons. The third-order valence-corrected chi connectivity index (χ3v) is 3.33. The second kappa shape index (κ2) is 6.91. The van der Waals surface area contributed by atoms with Crippen molar-refractivity contribution in [1.82, 2.24) is 15.3 Å². The normalized spacial score (nSPS) is 10.4. The van der Waals surface area contributed by atoms with Crippen LogP contribution >= 0.6 is 0 Å². The Morgan fingerprint density at radius 2 is 2.04 bits per heavy atom. The van der Waals surface area contributed by atoms with Crippen molar-refractivity contribution in [3.63, 3.8) is 0 Å². The van der Waals surface area contributed by atoms with Crippen molar-refractivity contribution in [2.45, 2.75) is 6.92 Å². The molecule has 122 valence electrons. The van der Waals surface area contributed by atoms with E-state index in [1.165, 1.54) is 18.3 Å². The SMILES string of the molecule is CCNC(=O)Nc1cc2cccc(Nc3cc(F)ccn3)c2cn1. The first-order valence-corrected chi connectivity index (χ1v) is 7.48. The molecule has 0 aliphatic heterocycles. The van der Waals surface area contributed by atoms with Crippen molar-refractivity contribution in [1.29, 1.82) is 0 Å². The van der Waals surface area contributed by atoms with Gasteiger partial charge in [0.25, 0.3) is 0 Å². The van der Waals surface area contributed by atoms with Gasteiger partial charge >= 0.3 is 6.03 Å². The number of hydrogen-bond donors (Lipinski definition) is 3.